The fraction of sp³-hybridized carbons (Fsp3) is 0.409. The molecule has 1 unspecified atom stereocenters. The Morgan fingerprint density at radius 1 is 1.29 bits per heavy atom. The number of hydrogen-bond donors (Lipinski definition) is 4. The van der Waals surface area contributed by atoms with Crippen LogP contribution >= 0.6 is 7.60 Å². The number of carbonyl (C=O) groups excluding carboxylic acids is 2. The molecule has 10 nitrogen and oxygen atoms in total. The lowest BCUT2D eigenvalue weighted by Gasteiger charge is -2.39. The smallest absolute Gasteiger partial charge is 0.325 e. The van der Waals surface area contributed by atoms with Crippen molar-refractivity contribution in [1.82, 2.24) is 9.88 Å². The number of ether oxygens (including phenoxy) is 1. The Kier molecular flexibility index (Phi) is 7.61. The predicted molar refractivity (Wildman–Crippen MR) is 119 cm³/mol. The second kappa shape index (κ2) is 9.98. The Morgan fingerprint density at radius 2 is 1.97 bits per heavy atom. The number of hydrogen-bond acceptors (Lipinski definition) is 6. The summed E-state index contributed by atoms with van der Waals surface area (Å²) in [6, 6.07) is 2.80. The number of rotatable bonds is 8. The quantitative estimate of drug-likeness (QED) is 0.308. The molecule has 1 aromatic heterocycles. The van der Waals surface area contributed by atoms with Crippen LogP contribution in [0, 0.1) is 17.0 Å². The Morgan fingerprint density at radius 3 is 2.60 bits per heavy atom. The normalized spacial score (nSPS) is 17.2. The van der Waals surface area contributed by atoms with Crippen LogP contribution in [0.1, 0.15) is 46.7 Å². The van der Waals surface area contributed by atoms with Crippen molar-refractivity contribution in [2.45, 2.75) is 39.5 Å². The first-order chi connectivity index (χ1) is 16.2. The molecule has 2 aromatic rings. The molecule has 0 bridgehead atoms. The zero-order valence-electron chi connectivity index (χ0n) is 19.0. The van der Waals surface area contributed by atoms with Crippen molar-refractivity contribution in [3.05, 3.63) is 63.1 Å². The van der Waals surface area contributed by atoms with Gasteiger partial charge in [-0.1, -0.05) is 6.07 Å². The molecule has 0 aliphatic carbocycles. The van der Waals surface area contributed by atoms with Gasteiger partial charge in [-0.3, -0.25) is 18.9 Å². The molecule has 1 atom stereocenters. The summed E-state index contributed by atoms with van der Waals surface area (Å²) in [5.41, 5.74) is -3.09. The summed E-state index contributed by atoms with van der Waals surface area (Å²) in [6.45, 7) is 2.65. The number of Topliss-reactive ketones (excluding diaryl/α,β-unsaturated/α-hetero) is 1. The Labute approximate surface area is 198 Å². The lowest BCUT2D eigenvalue weighted by atomic mass is 9.77. The second-order valence-electron chi connectivity index (χ2n) is 8.79. The van der Waals surface area contributed by atoms with Gasteiger partial charge in [-0.25, -0.2) is 8.78 Å². The number of nitrogens with zero attached hydrogens (tertiary/aromatic N) is 1. The highest BCUT2D eigenvalue weighted by molar-refractivity contribution is 7.51. The van der Waals surface area contributed by atoms with E-state index in [-0.39, 0.29) is 37.4 Å². The van der Waals surface area contributed by atoms with Gasteiger partial charge in [-0.05, 0) is 26.3 Å². The van der Waals surface area contributed by atoms with E-state index in [9.17, 15) is 32.8 Å². The van der Waals surface area contributed by atoms with Crippen LogP contribution in [0.3, 0.4) is 0 Å². The number of pyridine rings is 1. The van der Waals surface area contributed by atoms with Gasteiger partial charge in [0.1, 0.15) is 22.9 Å². The summed E-state index contributed by atoms with van der Waals surface area (Å²) in [6.07, 6.45) is -0.0457. The summed E-state index contributed by atoms with van der Waals surface area (Å²) < 4.78 is 44.8. The minimum absolute atomic E-state index is 0.0252. The molecule has 190 valence electrons. The zero-order valence-corrected chi connectivity index (χ0v) is 19.8. The molecule has 1 amide bonds. The lowest BCUT2D eigenvalue weighted by molar-refractivity contribution is -0.0327. The third kappa shape index (κ3) is 5.84. The molecule has 1 aromatic carbocycles. The molecular weight excluding hydrogens is 489 g/mol. The van der Waals surface area contributed by atoms with Crippen molar-refractivity contribution in [3.63, 3.8) is 0 Å². The van der Waals surface area contributed by atoms with Crippen molar-refractivity contribution in [2.24, 2.45) is 5.41 Å². The number of nitrogens with one attached hydrogen (secondary N) is 1. The predicted octanol–water partition coefficient (Wildman–Crippen LogP) is 1.94. The standard InChI is InChI=1S/C22H25F2N2O8P/c1-22(2)16(34-6-3-7-35(31,32)33)11-26-10-14(18(27)19(28)17(26)20(22)29)21(30)25-9-12-4-5-13(23)8-15(12)24/h4-5,8,10,16,28H,3,6-7,9,11H2,1-2H3,(H,25,30)(H2,31,32,33). The van der Waals surface area contributed by atoms with Crippen molar-refractivity contribution in [3.8, 4) is 5.75 Å². The number of benzene rings is 1. The van der Waals surface area contributed by atoms with E-state index in [0.29, 0.717) is 6.07 Å². The first-order valence-corrected chi connectivity index (χ1v) is 12.4. The third-order valence-electron chi connectivity index (χ3n) is 5.84. The van der Waals surface area contributed by atoms with E-state index >= 15 is 0 Å². The molecule has 13 heteroatoms. The van der Waals surface area contributed by atoms with E-state index in [2.05, 4.69) is 5.32 Å². The second-order valence-corrected chi connectivity index (χ2v) is 10.6. The van der Waals surface area contributed by atoms with E-state index < -0.39 is 65.3 Å². The average Bonchev–Trinajstić information content (AvgIpc) is 2.75. The summed E-state index contributed by atoms with van der Waals surface area (Å²) in [7, 11) is -4.20. The van der Waals surface area contributed by atoms with Gasteiger partial charge >= 0.3 is 7.60 Å². The number of carbonyl (C=O) groups is 2. The van der Waals surface area contributed by atoms with Gasteiger partial charge in [-0.2, -0.15) is 0 Å². The maximum Gasteiger partial charge on any atom is 0.325 e. The number of aromatic nitrogens is 1. The van der Waals surface area contributed by atoms with Crippen molar-refractivity contribution in [2.75, 3.05) is 12.8 Å². The van der Waals surface area contributed by atoms with Crippen LogP contribution in [0.25, 0.3) is 0 Å². The number of amides is 1. The molecule has 0 radical (unpaired) electrons. The molecule has 2 heterocycles. The topological polar surface area (TPSA) is 155 Å². The van der Waals surface area contributed by atoms with E-state index in [0.717, 1.165) is 18.3 Å². The molecule has 3 rings (SSSR count). The highest BCUT2D eigenvalue weighted by atomic mass is 31.2. The summed E-state index contributed by atoms with van der Waals surface area (Å²) >= 11 is 0. The summed E-state index contributed by atoms with van der Waals surface area (Å²) in [4.78, 5) is 56.3. The van der Waals surface area contributed by atoms with Crippen LogP contribution in [0.5, 0.6) is 5.75 Å². The number of ketones is 1. The van der Waals surface area contributed by atoms with E-state index in [1.165, 1.54) is 4.57 Å². The minimum Gasteiger partial charge on any atom is -0.503 e. The first kappa shape index (κ1) is 26.7. The molecule has 1 aliphatic heterocycles. The molecule has 0 saturated heterocycles. The van der Waals surface area contributed by atoms with Gasteiger partial charge in [0.2, 0.25) is 5.43 Å². The Bertz CT molecular complexity index is 1270. The van der Waals surface area contributed by atoms with Crippen LogP contribution in [0.15, 0.2) is 29.2 Å². The largest absolute Gasteiger partial charge is 0.503 e. The van der Waals surface area contributed by atoms with Crippen LogP contribution in [-0.2, 0) is 22.4 Å². The number of fused-ring (bicyclic) bond motifs is 1. The molecule has 1 aliphatic rings. The van der Waals surface area contributed by atoms with Crippen molar-refractivity contribution < 1.29 is 42.6 Å². The molecule has 0 saturated carbocycles. The van der Waals surface area contributed by atoms with Gasteiger partial charge < -0.3 is 29.5 Å². The summed E-state index contributed by atoms with van der Waals surface area (Å²) in [5, 5.41) is 12.8. The third-order valence-corrected chi connectivity index (χ3v) is 6.73. The van der Waals surface area contributed by atoms with Gasteiger partial charge in [0.05, 0.1) is 24.2 Å². The lowest BCUT2D eigenvalue weighted by Crippen LogP contribution is -2.48. The van der Waals surface area contributed by atoms with Crippen LogP contribution in [0.2, 0.25) is 0 Å². The van der Waals surface area contributed by atoms with Gasteiger partial charge in [0.25, 0.3) is 5.91 Å². The maximum atomic E-state index is 13.8. The Hall–Kier alpha value is -2.92. The van der Waals surface area contributed by atoms with Crippen LogP contribution < -0.4 is 10.7 Å². The first-order valence-electron chi connectivity index (χ1n) is 10.6. The van der Waals surface area contributed by atoms with Crippen LogP contribution in [-0.4, -0.2) is 50.0 Å². The Balaban J connectivity index is 1.83. The van der Waals surface area contributed by atoms with Gasteiger partial charge in [-0.15, -0.1) is 0 Å². The van der Waals surface area contributed by atoms with Crippen LogP contribution in [0.4, 0.5) is 8.78 Å². The highest BCUT2D eigenvalue weighted by Gasteiger charge is 2.45. The molecular formula is C22H25F2N2O8P. The SMILES string of the molecule is CC1(C)C(=O)c2c(O)c(=O)c(C(=O)NCc3ccc(F)cc3F)cn2CC1OCCCP(=O)(O)O. The summed E-state index contributed by atoms with van der Waals surface area (Å²) in [5.74, 6) is -4.15. The molecule has 0 spiro atoms. The zero-order chi connectivity index (χ0) is 26.1. The van der Waals surface area contributed by atoms with Gasteiger partial charge in [0, 0.05) is 31.0 Å². The van der Waals surface area contributed by atoms with Gasteiger partial charge in [0.15, 0.2) is 11.5 Å². The molecule has 35 heavy (non-hydrogen) atoms. The highest BCUT2D eigenvalue weighted by Crippen LogP contribution is 2.38. The fourth-order valence-electron chi connectivity index (χ4n) is 3.75. The van der Waals surface area contributed by atoms with E-state index in [1.54, 1.807) is 13.8 Å². The van der Waals surface area contributed by atoms with E-state index in [4.69, 9.17) is 14.5 Å². The minimum atomic E-state index is -4.20. The molecule has 4 N–H and O–H groups in total. The monoisotopic (exact) mass is 514 g/mol. The maximum absolute atomic E-state index is 13.8. The number of aromatic hydroxyl groups is 1. The van der Waals surface area contributed by atoms with E-state index in [1.807, 2.05) is 0 Å². The van der Waals surface area contributed by atoms with Crippen molar-refractivity contribution >= 4 is 19.3 Å². The molecule has 0 fully saturated rings. The van der Waals surface area contributed by atoms with Crippen molar-refractivity contribution in [1.29, 1.82) is 0 Å². The number of halogens is 2. The fourth-order valence-corrected chi connectivity index (χ4v) is 4.29. The average molecular weight is 514 g/mol.